The molecule has 1 aromatic heterocycles. The van der Waals surface area contributed by atoms with E-state index in [4.69, 9.17) is 28.2 Å². The van der Waals surface area contributed by atoms with E-state index in [-0.39, 0.29) is 5.91 Å². The molecule has 0 bridgehead atoms. The highest BCUT2D eigenvalue weighted by Crippen LogP contribution is 2.27. The first-order valence-corrected chi connectivity index (χ1v) is 11.9. The molecule has 1 saturated heterocycles. The van der Waals surface area contributed by atoms with Gasteiger partial charge in [-0.15, -0.1) is 0 Å². The fourth-order valence-electron chi connectivity index (χ4n) is 4.69. The number of piperazine rings is 1. The number of hydrogen-bond donors (Lipinski definition) is 0. The van der Waals surface area contributed by atoms with Crippen LogP contribution in [-0.4, -0.2) is 71.0 Å². The van der Waals surface area contributed by atoms with E-state index in [2.05, 4.69) is 14.8 Å². The largest absolute Gasteiger partial charge is 0.338 e. The second-order valence-corrected chi connectivity index (χ2v) is 9.51. The molecule has 1 amide bonds. The molecule has 1 aromatic carbocycles. The molecule has 31 heavy (non-hydrogen) atoms. The fraction of sp³-hybridized carbons (Fsp3) is 0.522. The minimum absolute atomic E-state index is 0.0828. The van der Waals surface area contributed by atoms with E-state index in [1.54, 1.807) is 18.2 Å². The van der Waals surface area contributed by atoms with E-state index < -0.39 is 0 Å². The maximum atomic E-state index is 13.0. The van der Waals surface area contributed by atoms with Crippen molar-refractivity contribution in [1.29, 1.82) is 0 Å². The molecule has 8 heteroatoms. The van der Waals surface area contributed by atoms with Gasteiger partial charge in [0, 0.05) is 63.0 Å². The van der Waals surface area contributed by atoms with Gasteiger partial charge in [0.1, 0.15) is 0 Å². The van der Waals surface area contributed by atoms with E-state index in [1.165, 1.54) is 19.3 Å². The lowest BCUT2D eigenvalue weighted by Crippen LogP contribution is -2.52. The number of hydrogen-bond acceptors (Lipinski definition) is 5. The lowest BCUT2D eigenvalue weighted by molar-refractivity contribution is 0.0763. The molecule has 2 aliphatic heterocycles. The maximum Gasteiger partial charge on any atom is 0.255 e. The van der Waals surface area contributed by atoms with Crippen molar-refractivity contribution in [1.82, 2.24) is 19.8 Å². The topological polar surface area (TPSA) is 52.6 Å². The zero-order chi connectivity index (χ0) is 21.4. The van der Waals surface area contributed by atoms with Gasteiger partial charge in [-0.05, 0) is 43.0 Å². The first kappa shape index (κ1) is 21.0. The molecule has 0 radical (unpaired) electrons. The van der Waals surface area contributed by atoms with Crippen LogP contribution >= 0.6 is 23.2 Å². The van der Waals surface area contributed by atoms with E-state index in [9.17, 15) is 4.79 Å². The Morgan fingerprint density at radius 1 is 1.00 bits per heavy atom. The van der Waals surface area contributed by atoms with Gasteiger partial charge < -0.3 is 9.80 Å². The van der Waals surface area contributed by atoms with Crippen molar-refractivity contribution in [2.24, 2.45) is 0 Å². The number of fused-ring (bicyclic) bond motifs is 1. The molecule has 3 heterocycles. The summed E-state index contributed by atoms with van der Waals surface area (Å²) in [4.78, 5) is 29.4. The van der Waals surface area contributed by atoms with E-state index in [1.807, 2.05) is 11.1 Å². The van der Waals surface area contributed by atoms with Gasteiger partial charge in [-0.1, -0.05) is 29.6 Å². The van der Waals surface area contributed by atoms with Gasteiger partial charge in [0.15, 0.2) is 0 Å². The number of carbonyl (C=O) groups excluding carboxylic acids is 1. The van der Waals surface area contributed by atoms with Crippen LogP contribution in [0.1, 0.15) is 40.9 Å². The molecule has 0 unspecified atom stereocenters. The number of nitrogens with zero attached hydrogens (tertiary/aromatic N) is 5. The van der Waals surface area contributed by atoms with Crippen LogP contribution in [0, 0.1) is 0 Å². The average molecular weight is 460 g/mol. The third-order valence-electron chi connectivity index (χ3n) is 6.85. The summed E-state index contributed by atoms with van der Waals surface area (Å²) in [5.41, 5.74) is 2.64. The van der Waals surface area contributed by atoms with Crippen molar-refractivity contribution < 1.29 is 4.79 Å². The molecule has 5 rings (SSSR count). The number of amides is 1. The Bertz CT molecular complexity index is 972. The molecule has 0 N–H and O–H groups in total. The van der Waals surface area contributed by atoms with Crippen LogP contribution in [0.4, 0.5) is 5.95 Å². The molecule has 164 valence electrons. The Morgan fingerprint density at radius 3 is 2.52 bits per heavy atom. The zero-order valence-corrected chi connectivity index (χ0v) is 19.1. The van der Waals surface area contributed by atoms with Crippen LogP contribution in [0.5, 0.6) is 0 Å². The quantitative estimate of drug-likeness (QED) is 0.700. The number of benzene rings is 1. The number of carbonyl (C=O) groups is 1. The first-order valence-electron chi connectivity index (χ1n) is 11.2. The number of rotatable bonds is 3. The van der Waals surface area contributed by atoms with Crippen LogP contribution in [0.3, 0.4) is 0 Å². The van der Waals surface area contributed by atoms with Gasteiger partial charge >= 0.3 is 0 Å². The fourth-order valence-corrected chi connectivity index (χ4v) is 5.06. The Labute approximate surface area is 193 Å². The van der Waals surface area contributed by atoms with E-state index >= 15 is 0 Å². The molecule has 0 atom stereocenters. The SMILES string of the molecule is O=C(c1cc(Cl)ccc1Cl)N1CCc2cnc(N3CCN(C4CCC4)CC3)nc2CC1. The van der Waals surface area contributed by atoms with Crippen molar-refractivity contribution in [3.05, 3.63) is 51.3 Å². The predicted molar refractivity (Wildman–Crippen MR) is 123 cm³/mol. The summed E-state index contributed by atoms with van der Waals surface area (Å²) in [5.74, 6) is 0.741. The molecule has 2 aromatic rings. The van der Waals surface area contributed by atoms with Crippen LogP contribution in [0.15, 0.2) is 24.4 Å². The van der Waals surface area contributed by atoms with E-state index in [0.29, 0.717) is 28.7 Å². The standard InChI is InChI=1S/C23H27Cl2N5O/c24-17-4-5-20(25)19(14-17)22(31)29-8-6-16-15-26-23(27-21(16)7-9-29)30-12-10-28(11-13-30)18-2-1-3-18/h4-5,14-15,18H,1-3,6-13H2. The third-order valence-corrected chi connectivity index (χ3v) is 7.41. The van der Waals surface area contributed by atoms with Gasteiger partial charge in [0.25, 0.3) is 5.91 Å². The van der Waals surface area contributed by atoms with Crippen molar-refractivity contribution in [3.8, 4) is 0 Å². The summed E-state index contributed by atoms with van der Waals surface area (Å²) in [6.07, 6.45) is 7.50. The van der Waals surface area contributed by atoms with Gasteiger partial charge in [-0.25, -0.2) is 9.97 Å². The normalized spacial score (nSPS) is 20.2. The summed E-state index contributed by atoms with van der Waals surface area (Å²) in [5, 5.41) is 0.943. The maximum absolute atomic E-state index is 13.0. The summed E-state index contributed by atoms with van der Waals surface area (Å²) in [6.45, 7) is 5.37. The predicted octanol–water partition coefficient (Wildman–Crippen LogP) is 3.70. The highest BCUT2D eigenvalue weighted by atomic mass is 35.5. The third kappa shape index (κ3) is 4.38. The monoisotopic (exact) mass is 459 g/mol. The average Bonchev–Trinajstić information content (AvgIpc) is 2.96. The summed E-state index contributed by atoms with van der Waals surface area (Å²) in [7, 11) is 0. The highest BCUT2D eigenvalue weighted by molar-refractivity contribution is 6.35. The van der Waals surface area contributed by atoms with Crippen molar-refractivity contribution >= 4 is 35.1 Å². The summed E-state index contributed by atoms with van der Waals surface area (Å²) < 4.78 is 0. The Balaban J connectivity index is 1.25. The number of anilines is 1. The summed E-state index contributed by atoms with van der Waals surface area (Å²) in [6, 6.07) is 5.81. The molecule has 6 nitrogen and oxygen atoms in total. The summed E-state index contributed by atoms with van der Waals surface area (Å²) >= 11 is 12.3. The van der Waals surface area contributed by atoms with Crippen molar-refractivity contribution in [3.63, 3.8) is 0 Å². The molecule has 3 aliphatic rings. The van der Waals surface area contributed by atoms with Gasteiger partial charge in [0.2, 0.25) is 5.95 Å². The molecule has 0 spiro atoms. The van der Waals surface area contributed by atoms with E-state index in [0.717, 1.165) is 62.3 Å². The minimum atomic E-state index is -0.0828. The molecule has 2 fully saturated rings. The van der Waals surface area contributed by atoms with Gasteiger partial charge in [-0.2, -0.15) is 0 Å². The Hall–Kier alpha value is -1.89. The zero-order valence-electron chi connectivity index (χ0n) is 17.6. The van der Waals surface area contributed by atoms with Crippen LogP contribution in [-0.2, 0) is 12.8 Å². The molecule has 1 aliphatic carbocycles. The lowest BCUT2D eigenvalue weighted by Gasteiger charge is -2.43. The molecular formula is C23H27Cl2N5O. The Kier molecular flexibility index (Phi) is 6.04. The minimum Gasteiger partial charge on any atom is -0.338 e. The molecule has 1 saturated carbocycles. The van der Waals surface area contributed by atoms with Crippen LogP contribution in [0.2, 0.25) is 10.0 Å². The second-order valence-electron chi connectivity index (χ2n) is 8.67. The number of aromatic nitrogens is 2. The van der Waals surface area contributed by atoms with Crippen LogP contribution in [0.25, 0.3) is 0 Å². The lowest BCUT2D eigenvalue weighted by atomic mass is 9.91. The second kappa shape index (κ2) is 8.93. The van der Waals surface area contributed by atoms with Crippen molar-refractivity contribution in [2.45, 2.75) is 38.1 Å². The molecular weight excluding hydrogens is 433 g/mol. The number of halogens is 2. The smallest absolute Gasteiger partial charge is 0.255 e. The first-order chi connectivity index (χ1) is 15.1. The van der Waals surface area contributed by atoms with Gasteiger partial charge in [-0.3, -0.25) is 9.69 Å². The van der Waals surface area contributed by atoms with Gasteiger partial charge in [0.05, 0.1) is 16.3 Å². The Morgan fingerprint density at radius 2 is 1.77 bits per heavy atom. The van der Waals surface area contributed by atoms with Crippen LogP contribution < -0.4 is 4.90 Å². The van der Waals surface area contributed by atoms with Crippen molar-refractivity contribution in [2.75, 3.05) is 44.2 Å². The highest BCUT2D eigenvalue weighted by Gasteiger charge is 2.29.